The van der Waals surface area contributed by atoms with E-state index in [1.807, 2.05) is 0 Å². The number of nitrogens with zero attached hydrogens (tertiary/aromatic N) is 1. The molecule has 28 heavy (non-hydrogen) atoms. The quantitative estimate of drug-likeness (QED) is 0.753. The fraction of sp³-hybridized carbons (Fsp3) is 0.278. The van der Waals surface area contributed by atoms with Crippen molar-refractivity contribution in [1.82, 2.24) is 0 Å². The predicted molar refractivity (Wildman–Crippen MR) is 102 cm³/mol. The second kappa shape index (κ2) is 8.42. The lowest BCUT2D eigenvalue weighted by atomic mass is 10.1. The van der Waals surface area contributed by atoms with Crippen molar-refractivity contribution >= 4 is 27.3 Å². The van der Waals surface area contributed by atoms with Gasteiger partial charge in [0.2, 0.25) is 10.0 Å². The van der Waals surface area contributed by atoms with Crippen LogP contribution in [0.1, 0.15) is 17.3 Å². The van der Waals surface area contributed by atoms with Gasteiger partial charge >= 0.3 is 0 Å². The number of hydrogen-bond acceptors (Lipinski definition) is 5. The van der Waals surface area contributed by atoms with Gasteiger partial charge in [-0.15, -0.1) is 0 Å². The Kier molecular flexibility index (Phi) is 6.45. The molecule has 0 aliphatic carbocycles. The molecule has 0 bridgehead atoms. The smallest absolute Gasteiger partial charge is 0.258 e. The topological polar surface area (TPSA) is 84.9 Å². The van der Waals surface area contributed by atoms with Gasteiger partial charge in [-0.05, 0) is 25.1 Å². The summed E-state index contributed by atoms with van der Waals surface area (Å²) in [6.07, 6.45) is 0.987. The number of halogens is 2. The van der Waals surface area contributed by atoms with Crippen LogP contribution < -0.4 is 19.1 Å². The number of anilines is 2. The fourth-order valence-electron chi connectivity index (χ4n) is 2.62. The molecule has 0 atom stereocenters. The number of carbonyl (C=O) groups is 1. The Morgan fingerprint density at radius 2 is 1.71 bits per heavy atom. The van der Waals surface area contributed by atoms with Gasteiger partial charge in [0.15, 0.2) is 11.5 Å². The van der Waals surface area contributed by atoms with Crippen LogP contribution in [0.25, 0.3) is 0 Å². The highest BCUT2D eigenvalue weighted by molar-refractivity contribution is 7.92. The van der Waals surface area contributed by atoms with Gasteiger partial charge in [0.05, 0.1) is 37.4 Å². The van der Waals surface area contributed by atoms with Crippen molar-refractivity contribution in [3.63, 3.8) is 0 Å². The maximum absolute atomic E-state index is 13.9. The number of hydrogen-bond donors (Lipinski definition) is 1. The van der Waals surface area contributed by atoms with Crippen molar-refractivity contribution < 1.29 is 31.5 Å². The number of nitrogens with one attached hydrogen (secondary N) is 1. The second-order valence-corrected chi connectivity index (χ2v) is 7.64. The number of rotatable bonds is 7. The van der Waals surface area contributed by atoms with Crippen molar-refractivity contribution in [3.05, 3.63) is 47.5 Å². The first-order chi connectivity index (χ1) is 13.1. The molecular formula is C18H20F2N2O5S. The lowest BCUT2D eigenvalue weighted by molar-refractivity contribution is 0.102. The van der Waals surface area contributed by atoms with Gasteiger partial charge in [-0.3, -0.25) is 9.10 Å². The maximum Gasteiger partial charge on any atom is 0.258 e. The van der Waals surface area contributed by atoms with Gasteiger partial charge in [0, 0.05) is 18.7 Å². The van der Waals surface area contributed by atoms with Crippen LogP contribution in [0.2, 0.25) is 0 Å². The van der Waals surface area contributed by atoms with E-state index < -0.39 is 27.6 Å². The molecule has 152 valence electrons. The minimum atomic E-state index is -3.73. The van der Waals surface area contributed by atoms with E-state index in [0.29, 0.717) is 0 Å². The van der Waals surface area contributed by atoms with Gasteiger partial charge in [-0.25, -0.2) is 17.2 Å². The van der Waals surface area contributed by atoms with Crippen LogP contribution in [0.4, 0.5) is 20.2 Å². The summed E-state index contributed by atoms with van der Waals surface area (Å²) in [6, 6.07) is 5.21. The molecular weight excluding hydrogens is 394 g/mol. The van der Waals surface area contributed by atoms with E-state index >= 15 is 0 Å². The number of methoxy groups -OCH3 is 2. The SMILES string of the molecule is CCN(c1cc(OC)c(OC)cc1C(=O)Nc1cc(F)ccc1F)S(C)(=O)=O. The summed E-state index contributed by atoms with van der Waals surface area (Å²) >= 11 is 0. The standard InChI is InChI=1S/C18H20F2N2O5S/c1-5-22(28(4,24)25)15-10-17(27-3)16(26-2)9-12(15)18(23)21-14-8-11(19)6-7-13(14)20/h6-10H,5H2,1-4H3,(H,21,23). The first-order valence-corrected chi connectivity index (χ1v) is 9.97. The third-order valence-electron chi connectivity index (χ3n) is 3.88. The molecule has 1 amide bonds. The number of sulfonamides is 1. The third-order valence-corrected chi connectivity index (χ3v) is 5.13. The molecule has 0 aliphatic heterocycles. The Labute approximate surface area is 161 Å². The minimum absolute atomic E-state index is 0.0111. The summed E-state index contributed by atoms with van der Waals surface area (Å²) in [4.78, 5) is 12.8. The summed E-state index contributed by atoms with van der Waals surface area (Å²) in [5.41, 5.74) is -0.487. The lowest BCUT2D eigenvalue weighted by Crippen LogP contribution is -2.31. The van der Waals surface area contributed by atoms with E-state index in [9.17, 15) is 22.0 Å². The molecule has 7 nitrogen and oxygen atoms in total. The van der Waals surface area contributed by atoms with Gasteiger partial charge < -0.3 is 14.8 Å². The zero-order valence-corrected chi connectivity index (χ0v) is 16.6. The van der Waals surface area contributed by atoms with Crippen LogP contribution >= 0.6 is 0 Å². The molecule has 0 saturated carbocycles. The molecule has 2 aromatic carbocycles. The molecule has 0 aromatic heterocycles. The van der Waals surface area contributed by atoms with Gasteiger partial charge in [-0.1, -0.05) is 0 Å². The fourth-order valence-corrected chi connectivity index (χ4v) is 3.60. The molecule has 0 saturated heterocycles. The van der Waals surface area contributed by atoms with Crippen LogP contribution in [-0.2, 0) is 10.0 Å². The average Bonchev–Trinajstić information content (AvgIpc) is 2.63. The van der Waals surface area contributed by atoms with Gasteiger partial charge in [0.25, 0.3) is 5.91 Å². The van der Waals surface area contributed by atoms with Crippen LogP contribution in [-0.4, -0.2) is 41.3 Å². The summed E-state index contributed by atoms with van der Waals surface area (Å²) in [5, 5.41) is 2.26. The van der Waals surface area contributed by atoms with Crippen molar-refractivity contribution in [2.24, 2.45) is 0 Å². The van der Waals surface area contributed by atoms with E-state index in [1.165, 1.54) is 26.4 Å². The summed E-state index contributed by atoms with van der Waals surface area (Å²) < 4.78 is 63.0. The maximum atomic E-state index is 13.9. The third kappa shape index (κ3) is 4.50. The van der Waals surface area contributed by atoms with Crippen LogP contribution in [0.3, 0.4) is 0 Å². The first-order valence-electron chi connectivity index (χ1n) is 8.12. The van der Waals surface area contributed by atoms with E-state index in [1.54, 1.807) is 6.92 Å². The Morgan fingerprint density at radius 1 is 1.11 bits per heavy atom. The predicted octanol–water partition coefficient (Wildman–Crippen LogP) is 3.02. The molecule has 0 heterocycles. The van der Waals surface area contributed by atoms with E-state index in [4.69, 9.17) is 9.47 Å². The zero-order chi connectivity index (χ0) is 21.1. The Bertz CT molecular complexity index is 996. The molecule has 0 radical (unpaired) electrons. The van der Waals surface area contributed by atoms with E-state index in [-0.39, 0.29) is 35.0 Å². The highest BCUT2D eigenvalue weighted by Gasteiger charge is 2.25. The molecule has 0 aliphatic rings. The Hall–Kier alpha value is -2.88. The van der Waals surface area contributed by atoms with Gasteiger partial charge in [0.1, 0.15) is 11.6 Å². The molecule has 2 aromatic rings. The molecule has 10 heteroatoms. The van der Waals surface area contributed by atoms with Crippen molar-refractivity contribution in [1.29, 1.82) is 0 Å². The highest BCUT2D eigenvalue weighted by atomic mass is 32.2. The first kappa shape index (κ1) is 21.4. The van der Waals surface area contributed by atoms with Crippen molar-refractivity contribution in [3.8, 4) is 11.5 Å². The average molecular weight is 414 g/mol. The number of benzene rings is 2. The van der Waals surface area contributed by atoms with Gasteiger partial charge in [-0.2, -0.15) is 0 Å². The number of carbonyl (C=O) groups excluding carboxylic acids is 1. The van der Waals surface area contributed by atoms with E-state index in [0.717, 1.165) is 28.8 Å². The summed E-state index contributed by atoms with van der Waals surface area (Å²) in [6.45, 7) is 1.62. The summed E-state index contributed by atoms with van der Waals surface area (Å²) in [5.74, 6) is -2.06. The van der Waals surface area contributed by atoms with Crippen LogP contribution in [0, 0.1) is 11.6 Å². The lowest BCUT2D eigenvalue weighted by Gasteiger charge is -2.24. The van der Waals surface area contributed by atoms with Crippen LogP contribution in [0.15, 0.2) is 30.3 Å². The number of ether oxygens (including phenoxy) is 2. The highest BCUT2D eigenvalue weighted by Crippen LogP contribution is 2.36. The Balaban J connectivity index is 2.62. The van der Waals surface area contributed by atoms with E-state index in [2.05, 4.69) is 5.32 Å². The van der Waals surface area contributed by atoms with Crippen molar-refractivity contribution in [2.75, 3.05) is 36.6 Å². The second-order valence-electron chi connectivity index (χ2n) is 5.73. The molecule has 0 unspecified atom stereocenters. The largest absolute Gasteiger partial charge is 0.493 e. The monoisotopic (exact) mass is 414 g/mol. The molecule has 0 spiro atoms. The number of amides is 1. The molecule has 2 rings (SSSR count). The molecule has 0 fully saturated rings. The normalized spacial score (nSPS) is 11.1. The Morgan fingerprint density at radius 3 is 2.25 bits per heavy atom. The molecule has 1 N–H and O–H groups in total. The zero-order valence-electron chi connectivity index (χ0n) is 15.7. The van der Waals surface area contributed by atoms with Crippen molar-refractivity contribution in [2.45, 2.75) is 6.92 Å². The minimum Gasteiger partial charge on any atom is -0.493 e. The van der Waals surface area contributed by atoms with Crippen LogP contribution in [0.5, 0.6) is 11.5 Å². The summed E-state index contributed by atoms with van der Waals surface area (Å²) in [7, 11) is -1.03.